The first kappa shape index (κ1) is 12.5. The van der Waals surface area contributed by atoms with Crippen LogP contribution in [0.15, 0.2) is 18.2 Å². The van der Waals surface area contributed by atoms with E-state index < -0.39 is 4.92 Å². The number of benzene rings is 1. The molecule has 0 aliphatic rings. The van der Waals surface area contributed by atoms with Crippen LogP contribution in [0, 0.1) is 17.0 Å². The molecule has 1 aromatic carbocycles. The van der Waals surface area contributed by atoms with E-state index in [9.17, 15) is 10.1 Å². The van der Waals surface area contributed by atoms with Crippen LogP contribution in [0.3, 0.4) is 0 Å². The summed E-state index contributed by atoms with van der Waals surface area (Å²) in [5.74, 6) is 1.23. The van der Waals surface area contributed by atoms with Gasteiger partial charge in [-0.25, -0.2) is 0 Å². The molecule has 0 fully saturated rings. The van der Waals surface area contributed by atoms with E-state index in [-0.39, 0.29) is 11.6 Å². The molecular weight excluding hydrogens is 256 g/mol. The molecule has 0 aliphatic heterocycles. The Morgan fingerprint density at radius 3 is 2.72 bits per heavy atom. The van der Waals surface area contributed by atoms with Gasteiger partial charge in [0.2, 0.25) is 0 Å². The molecule has 0 spiro atoms. The van der Waals surface area contributed by atoms with Crippen molar-refractivity contribution < 1.29 is 4.92 Å². The average molecular weight is 267 g/mol. The topological polar surface area (TPSA) is 73.8 Å². The van der Waals surface area contributed by atoms with Crippen LogP contribution in [0.5, 0.6) is 0 Å². The Bertz CT molecular complexity index is 609. The van der Waals surface area contributed by atoms with Gasteiger partial charge in [0.05, 0.1) is 16.4 Å². The van der Waals surface area contributed by atoms with E-state index in [2.05, 4.69) is 10.2 Å². The summed E-state index contributed by atoms with van der Waals surface area (Å²) < 4.78 is 1.66. The van der Waals surface area contributed by atoms with Crippen LogP contribution in [0.4, 0.5) is 5.69 Å². The minimum atomic E-state index is -0.427. The van der Waals surface area contributed by atoms with Crippen LogP contribution in [0.2, 0.25) is 0 Å². The van der Waals surface area contributed by atoms with Crippen molar-refractivity contribution in [2.75, 3.05) is 0 Å². The van der Waals surface area contributed by atoms with Gasteiger partial charge in [0.15, 0.2) is 5.82 Å². The molecule has 0 aliphatic carbocycles. The number of nitro groups is 1. The lowest BCUT2D eigenvalue weighted by atomic mass is 10.1. The van der Waals surface area contributed by atoms with Crippen molar-refractivity contribution in [2.24, 2.45) is 7.05 Å². The molecule has 1 heterocycles. The van der Waals surface area contributed by atoms with Crippen molar-refractivity contribution in [2.45, 2.75) is 12.8 Å². The van der Waals surface area contributed by atoms with E-state index in [4.69, 9.17) is 11.6 Å². The van der Waals surface area contributed by atoms with E-state index in [1.54, 1.807) is 23.7 Å². The third kappa shape index (κ3) is 2.06. The maximum atomic E-state index is 11.0. The van der Waals surface area contributed by atoms with E-state index in [0.29, 0.717) is 17.2 Å². The lowest BCUT2D eigenvalue weighted by molar-refractivity contribution is -0.384. The molecule has 18 heavy (non-hydrogen) atoms. The summed E-state index contributed by atoms with van der Waals surface area (Å²) in [5.41, 5.74) is 1.38. The van der Waals surface area contributed by atoms with Crippen LogP contribution in [-0.2, 0) is 12.9 Å². The summed E-state index contributed by atoms with van der Waals surface area (Å²) in [7, 11) is 1.74. The minimum Gasteiger partial charge on any atom is -0.313 e. The van der Waals surface area contributed by atoms with Crippen molar-refractivity contribution in [3.63, 3.8) is 0 Å². The lowest BCUT2D eigenvalue weighted by Gasteiger charge is -2.04. The van der Waals surface area contributed by atoms with Crippen LogP contribution >= 0.6 is 11.6 Å². The molecule has 6 nitrogen and oxygen atoms in total. The molecule has 0 unspecified atom stereocenters. The van der Waals surface area contributed by atoms with Gasteiger partial charge < -0.3 is 4.57 Å². The standard InChI is InChI=1S/C11H11ClN4O2/c1-7-3-4-9(16(17)18)8(5-7)11-14-13-10(6-12)15(11)2/h3-5H,6H2,1-2H3. The zero-order chi connectivity index (χ0) is 13.3. The fourth-order valence-corrected chi connectivity index (χ4v) is 1.93. The maximum Gasteiger partial charge on any atom is 0.280 e. The third-order valence-corrected chi connectivity index (χ3v) is 2.91. The number of halogens is 1. The van der Waals surface area contributed by atoms with Crippen molar-refractivity contribution in [3.05, 3.63) is 39.7 Å². The van der Waals surface area contributed by atoms with Gasteiger partial charge in [0.1, 0.15) is 5.82 Å². The van der Waals surface area contributed by atoms with Gasteiger partial charge in [0.25, 0.3) is 5.69 Å². The highest BCUT2D eigenvalue weighted by molar-refractivity contribution is 6.16. The van der Waals surface area contributed by atoms with Gasteiger partial charge >= 0.3 is 0 Å². The number of aryl methyl sites for hydroxylation is 1. The molecule has 0 atom stereocenters. The highest BCUT2D eigenvalue weighted by atomic mass is 35.5. The number of hydrogen-bond donors (Lipinski definition) is 0. The van der Waals surface area contributed by atoms with Crippen LogP contribution in [0.1, 0.15) is 11.4 Å². The molecule has 2 aromatic rings. The molecule has 0 saturated heterocycles. The smallest absolute Gasteiger partial charge is 0.280 e. The Balaban J connectivity index is 2.65. The van der Waals surface area contributed by atoms with Crippen LogP contribution in [0.25, 0.3) is 11.4 Å². The van der Waals surface area contributed by atoms with Crippen LogP contribution < -0.4 is 0 Å². The molecule has 1 aromatic heterocycles. The number of hydrogen-bond acceptors (Lipinski definition) is 4. The van der Waals surface area contributed by atoms with E-state index in [1.807, 2.05) is 6.92 Å². The largest absolute Gasteiger partial charge is 0.313 e. The highest BCUT2D eigenvalue weighted by Crippen LogP contribution is 2.29. The number of nitro benzene ring substituents is 1. The summed E-state index contributed by atoms with van der Waals surface area (Å²) in [6.07, 6.45) is 0. The number of nitrogens with zero attached hydrogens (tertiary/aromatic N) is 4. The molecule has 94 valence electrons. The zero-order valence-corrected chi connectivity index (χ0v) is 10.7. The maximum absolute atomic E-state index is 11.0. The van der Waals surface area contributed by atoms with Crippen LogP contribution in [-0.4, -0.2) is 19.7 Å². The van der Waals surface area contributed by atoms with Crippen molar-refractivity contribution >= 4 is 17.3 Å². The molecular formula is C11H11ClN4O2. The van der Waals surface area contributed by atoms with Gasteiger partial charge in [0, 0.05) is 13.1 Å². The first-order valence-corrected chi connectivity index (χ1v) is 5.77. The Hall–Kier alpha value is -1.95. The fraction of sp³-hybridized carbons (Fsp3) is 0.273. The van der Waals surface area contributed by atoms with E-state index in [1.165, 1.54) is 6.07 Å². The van der Waals surface area contributed by atoms with Crippen molar-refractivity contribution in [1.29, 1.82) is 0 Å². The number of aromatic nitrogens is 3. The lowest BCUT2D eigenvalue weighted by Crippen LogP contribution is -2.00. The molecule has 0 saturated carbocycles. The molecule has 0 amide bonds. The quantitative estimate of drug-likeness (QED) is 0.486. The molecule has 0 N–H and O–H groups in total. The SMILES string of the molecule is Cc1ccc([N+](=O)[O-])c(-c2nnc(CCl)n2C)c1. The van der Waals surface area contributed by atoms with Gasteiger partial charge in [-0.2, -0.15) is 0 Å². The fourth-order valence-electron chi connectivity index (χ4n) is 1.70. The summed E-state index contributed by atoms with van der Waals surface area (Å²) in [5, 5.41) is 18.9. The zero-order valence-electron chi connectivity index (χ0n) is 9.92. The van der Waals surface area contributed by atoms with Gasteiger partial charge in [-0.15, -0.1) is 21.8 Å². The minimum absolute atomic E-state index is 0.0113. The number of rotatable bonds is 3. The Morgan fingerprint density at radius 2 is 2.17 bits per heavy atom. The summed E-state index contributed by atoms with van der Waals surface area (Å²) in [6.45, 7) is 1.87. The predicted molar refractivity (Wildman–Crippen MR) is 67.4 cm³/mol. The monoisotopic (exact) mass is 266 g/mol. The Morgan fingerprint density at radius 1 is 1.44 bits per heavy atom. The summed E-state index contributed by atoms with van der Waals surface area (Å²) >= 11 is 5.71. The number of alkyl halides is 1. The molecule has 0 radical (unpaired) electrons. The third-order valence-electron chi connectivity index (χ3n) is 2.67. The Labute approximate surface area is 108 Å². The summed E-state index contributed by atoms with van der Waals surface area (Å²) in [4.78, 5) is 10.6. The van der Waals surface area contributed by atoms with E-state index in [0.717, 1.165) is 5.56 Å². The van der Waals surface area contributed by atoms with E-state index >= 15 is 0 Å². The normalized spacial score (nSPS) is 10.6. The highest BCUT2D eigenvalue weighted by Gasteiger charge is 2.20. The molecule has 0 bridgehead atoms. The second-order valence-corrected chi connectivity index (χ2v) is 4.18. The van der Waals surface area contributed by atoms with Gasteiger partial charge in [-0.1, -0.05) is 6.07 Å². The first-order valence-electron chi connectivity index (χ1n) is 5.24. The second-order valence-electron chi connectivity index (χ2n) is 3.91. The molecule has 7 heteroatoms. The van der Waals surface area contributed by atoms with Gasteiger partial charge in [-0.3, -0.25) is 10.1 Å². The molecule has 2 rings (SSSR count). The summed E-state index contributed by atoms with van der Waals surface area (Å²) in [6, 6.07) is 4.89. The Kier molecular flexibility index (Phi) is 3.29. The van der Waals surface area contributed by atoms with Gasteiger partial charge in [-0.05, 0) is 18.6 Å². The first-order chi connectivity index (χ1) is 8.54. The second kappa shape index (κ2) is 4.73. The van der Waals surface area contributed by atoms with Crippen molar-refractivity contribution in [3.8, 4) is 11.4 Å². The average Bonchev–Trinajstić information content (AvgIpc) is 2.69. The van der Waals surface area contributed by atoms with Crippen molar-refractivity contribution in [1.82, 2.24) is 14.8 Å². The predicted octanol–water partition coefficient (Wildman–Crippen LogP) is 2.44.